The molecule has 0 saturated heterocycles. The Labute approximate surface area is 166 Å². The summed E-state index contributed by atoms with van der Waals surface area (Å²) in [6, 6.07) is 23.8. The van der Waals surface area contributed by atoms with E-state index < -0.39 is 5.97 Å². The van der Waals surface area contributed by atoms with Gasteiger partial charge in [0.1, 0.15) is 11.3 Å². The van der Waals surface area contributed by atoms with Gasteiger partial charge in [0.15, 0.2) is 0 Å². The summed E-state index contributed by atoms with van der Waals surface area (Å²) >= 11 is 0. The second-order valence-corrected chi connectivity index (χ2v) is 7.49. The second-order valence-electron chi connectivity index (χ2n) is 7.49. The minimum Gasteiger partial charge on any atom is -0.507 e. The van der Waals surface area contributed by atoms with Crippen molar-refractivity contribution in [2.75, 3.05) is 0 Å². The van der Waals surface area contributed by atoms with E-state index in [-0.39, 0.29) is 23.1 Å². The van der Waals surface area contributed by atoms with Crippen molar-refractivity contribution < 1.29 is 15.0 Å². The van der Waals surface area contributed by atoms with Gasteiger partial charge in [0.25, 0.3) is 0 Å². The smallest absolute Gasteiger partial charge is 0.339 e. The molecule has 0 radical (unpaired) electrons. The standard InChI is InChI=1S/C25H26O3/c1-17(20-9-5-3-6-10-20)13-19-15-22(24(26)23(16-19)25(27)28)14-18(2)21-11-7-4-8-12-21/h3-12,15-18,26H,13-14H2,1-2H3,(H,27,28). The van der Waals surface area contributed by atoms with E-state index in [0.29, 0.717) is 12.0 Å². The number of aromatic hydroxyl groups is 1. The van der Waals surface area contributed by atoms with E-state index in [9.17, 15) is 15.0 Å². The van der Waals surface area contributed by atoms with Crippen LogP contribution in [-0.4, -0.2) is 16.2 Å². The molecule has 0 aliphatic rings. The van der Waals surface area contributed by atoms with E-state index in [0.717, 1.165) is 12.0 Å². The maximum atomic E-state index is 11.7. The van der Waals surface area contributed by atoms with Crippen LogP contribution in [0.15, 0.2) is 72.8 Å². The van der Waals surface area contributed by atoms with Crippen molar-refractivity contribution in [2.24, 2.45) is 0 Å². The van der Waals surface area contributed by atoms with E-state index in [2.05, 4.69) is 38.1 Å². The Balaban J connectivity index is 1.90. The first-order valence-corrected chi connectivity index (χ1v) is 9.63. The van der Waals surface area contributed by atoms with Gasteiger partial charge in [-0.05, 0) is 53.0 Å². The molecule has 3 aromatic rings. The maximum Gasteiger partial charge on any atom is 0.339 e. The van der Waals surface area contributed by atoms with Gasteiger partial charge in [-0.25, -0.2) is 4.79 Å². The van der Waals surface area contributed by atoms with Crippen molar-refractivity contribution in [1.29, 1.82) is 0 Å². The van der Waals surface area contributed by atoms with Crippen LogP contribution in [0.3, 0.4) is 0 Å². The van der Waals surface area contributed by atoms with Crippen molar-refractivity contribution in [1.82, 2.24) is 0 Å². The van der Waals surface area contributed by atoms with Gasteiger partial charge in [-0.1, -0.05) is 80.6 Å². The minimum atomic E-state index is -1.10. The van der Waals surface area contributed by atoms with Crippen molar-refractivity contribution in [3.05, 3.63) is 101 Å². The molecular formula is C25H26O3. The summed E-state index contributed by atoms with van der Waals surface area (Å²) in [7, 11) is 0. The van der Waals surface area contributed by atoms with Crippen molar-refractivity contribution in [3.63, 3.8) is 0 Å². The molecule has 0 saturated carbocycles. The predicted octanol–water partition coefficient (Wildman–Crippen LogP) is 5.78. The summed E-state index contributed by atoms with van der Waals surface area (Å²) in [6.07, 6.45) is 1.31. The average molecular weight is 374 g/mol. The number of aromatic carboxylic acids is 1. The number of rotatable bonds is 7. The van der Waals surface area contributed by atoms with Crippen molar-refractivity contribution in [3.8, 4) is 5.75 Å². The number of hydrogen-bond donors (Lipinski definition) is 2. The molecule has 0 heterocycles. The summed E-state index contributed by atoms with van der Waals surface area (Å²) in [6.45, 7) is 4.23. The summed E-state index contributed by atoms with van der Waals surface area (Å²) in [5.41, 5.74) is 3.98. The number of benzene rings is 3. The molecular weight excluding hydrogens is 348 g/mol. The Morgan fingerprint density at radius 1 is 0.821 bits per heavy atom. The van der Waals surface area contributed by atoms with Gasteiger partial charge in [0.05, 0.1) is 0 Å². The van der Waals surface area contributed by atoms with Crippen LogP contribution in [0, 0.1) is 0 Å². The summed E-state index contributed by atoms with van der Waals surface area (Å²) in [4.78, 5) is 11.7. The first kappa shape index (κ1) is 19.7. The van der Waals surface area contributed by atoms with Crippen LogP contribution in [0.25, 0.3) is 0 Å². The number of carboxylic acids is 1. The molecule has 2 N–H and O–H groups in total. The van der Waals surface area contributed by atoms with Crippen LogP contribution in [0.2, 0.25) is 0 Å². The number of carbonyl (C=O) groups is 1. The molecule has 0 fully saturated rings. The third-order valence-electron chi connectivity index (χ3n) is 5.28. The number of phenols is 1. The van der Waals surface area contributed by atoms with E-state index >= 15 is 0 Å². The molecule has 3 heteroatoms. The van der Waals surface area contributed by atoms with E-state index in [1.165, 1.54) is 11.1 Å². The number of carboxylic acid groups (broad SMARTS) is 1. The SMILES string of the molecule is CC(Cc1cc(CC(C)c2ccccc2)c(O)c(C(=O)O)c1)c1ccccc1. The van der Waals surface area contributed by atoms with Gasteiger partial charge in [-0.3, -0.25) is 0 Å². The lowest BCUT2D eigenvalue weighted by molar-refractivity contribution is 0.0693. The van der Waals surface area contributed by atoms with Gasteiger partial charge in [-0.15, -0.1) is 0 Å². The topological polar surface area (TPSA) is 57.5 Å². The molecule has 2 unspecified atom stereocenters. The van der Waals surface area contributed by atoms with Crippen molar-refractivity contribution in [2.45, 2.75) is 38.5 Å². The molecule has 2 atom stereocenters. The molecule has 3 rings (SSSR count). The molecule has 0 spiro atoms. The van der Waals surface area contributed by atoms with Gasteiger partial charge in [-0.2, -0.15) is 0 Å². The molecule has 0 aliphatic carbocycles. The molecule has 28 heavy (non-hydrogen) atoms. The molecule has 3 aromatic carbocycles. The van der Waals surface area contributed by atoms with Gasteiger partial charge < -0.3 is 10.2 Å². The fourth-order valence-corrected chi connectivity index (χ4v) is 3.68. The fourth-order valence-electron chi connectivity index (χ4n) is 3.68. The third-order valence-corrected chi connectivity index (χ3v) is 5.28. The zero-order valence-electron chi connectivity index (χ0n) is 16.3. The predicted molar refractivity (Wildman–Crippen MR) is 112 cm³/mol. The second kappa shape index (κ2) is 8.75. The Hall–Kier alpha value is -3.07. The van der Waals surface area contributed by atoms with Crippen LogP contribution >= 0.6 is 0 Å². The summed E-state index contributed by atoms with van der Waals surface area (Å²) in [5.74, 6) is -0.783. The first-order valence-electron chi connectivity index (χ1n) is 9.63. The molecule has 3 nitrogen and oxygen atoms in total. The monoisotopic (exact) mass is 374 g/mol. The van der Waals surface area contributed by atoms with Crippen LogP contribution in [0.5, 0.6) is 5.75 Å². The Morgan fingerprint density at radius 3 is 1.82 bits per heavy atom. The Morgan fingerprint density at radius 2 is 1.32 bits per heavy atom. The van der Waals surface area contributed by atoms with Crippen LogP contribution in [0.1, 0.15) is 58.3 Å². The summed E-state index contributed by atoms with van der Waals surface area (Å²) in [5, 5.41) is 20.1. The van der Waals surface area contributed by atoms with Crippen LogP contribution in [0.4, 0.5) is 0 Å². The molecule has 144 valence electrons. The molecule has 0 amide bonds. The van der Waals surface area contributed by atoms with E-state index in [1.54, 1.807) is 6.07 Å². The van der Waals surface area contributed by atoms with Gasteiger partial charge in [0, 0.05) is 0 Å². The fraction of sp³-hybridized carbons (Fsp3) is 0.240. The molecule has 0 aliphatic heterocycles. The van der Waals surface area contributed by atoms with Gasteiger partial charge >= 0.3 is 5.97 Å². The highest BCUT2D eigenvalue weighted by Crippen LogP contribution is 2.32. The highest BCUT2D eigenvalue weighted by molar-refractivity contribution is 5.91. The largest absolute Gasteiger partial charge is 0.507 e. The maximum absolute atomic E-state index is 11.7. The minimum absolute atomic E-state index is 0.0203. The third kappa shape index (κ3) is 4.61. The van der Waals surface area contributed by atoms with E-state index in [1.807, 2.05) is 42.5 Å². The first-order chi connectivity index (χ1) is 13.5. The zero-order valence-corrected chi connectivity index (χ0v) is 16.3. The lowest BCUT2D eigenvalue weighted by Gasteiger charge is -2.17. The number of hydrogen-bond acceptors (Lipinski definition) is 2. The molecule has 0 aromatic heterocycles. The normalized spacial score (nSPS) is 13.1. The quantitative estimate of drug-likeness (QED) is 0.551. The highest BCUT2D eigenvalue weighted by atomic mass is 16.4. The Bertz CT molecular complexity index is 933. The van der Waals surface area contributed by atoms with E-state index in [4.69, 9.17) is 0 Å². The Kier molecular flexibility index (Phi) is 6.15. The zero-order chi connectivity index (χ0) is 20.1. The average Bonchev–Trinajstić information content (AvgIpc) is 2.71. The van der Waals surface area contributed by atoms with Crippen LogP contribution < -0.4 is 0 Å². The van der Waals surface area contributed by atoms with Crippen molar-refractivity contribution >= 4 is 5.97 Å². The van der Waals surface area contributed by atoms with Crippen LogP contribution in [-0.2, 0) is 12.8 Å². The highest BCUT2D eigenvalue weighted by Gasteiger charge is 2.19. The lowest BCUT2D eigenvalue weighted by atomic mass is 9.88. The molecule has 0 bridgehead atoms. The van der Waals surface area contributed by atoms with Gasteiger partial charge in [0.2, 0.25) is 0 Å². The lowest BCUT2D eigenvalue weighted by Crippen LogP contribution is -2.06. The summed E-state index contributed by atoms with van der Waals surface area (Å²) < 4.78 is 0.